The lowest BCUT2D eigenvalue weighted by molar-refractivity contribution is -0.137. The van der Waals surface area contributed by atoms with E-state index in [-0.39, 0.29) is 11.9 Å². The van der Waals surface area contributed by atoms with E-state index < -0.39 is 8.07 Å². The van der Waals surface area contributed by atoms with Gasteiger partial charge < -0.3 is 10.5 Å². The van der Waals surface area contributed by atoms with Gasteiger partial charge in [-0.1, -0.05) is 33.5 Å². The van der Waals surface area contributed by atoms with Gasteiger partial charge in [0.15, 0.2) is 0 Å². The number of allylic oxidation sites excluding steroid dienone is 1. The predicted octanol–water partition coefficient (Wildman–Crippen LogP) is 2.30. The Kier molecular flexibility index (Phi) is 5.07. The monoisotopic (exact) mass is 229 g/mol. The van der Waals surface area contributed by atoms with Gasteiger partial charge in [0.1, 0.15) is 0 Å². The predicted molar refractivity (Wildman–Crippen MR) is 66.0 cm³/mol. The summed E-state index contributed by atoms with van der Waals surface area (Å²) >= 11 is 0. The van der Waals surface area contributed by atoms with Crippen molar-refractivity contribution in [2.24, 2.45) is 11.7 Å². The smallest absolute Gasteiger partial charge is 0.331 e. The van der Waals surface area contributed by atoms with Crippen LogP contribution in [0.15, 0.2) is 10.9 Å². The third-order valence-corrected chi connectivity index (χ3v) is 4.13. The van der Waals surface area contributed by atoms with Gasteiger partial charge >= 0.3 is 5.97 Å². The molecule has 0 unspecified atom stereocenters. The maximum absolute atomic E-state index is 11.8. The van der Waals surface area contributed by atoms with Gasteiger partial charge in [0.25, 0.3) is 0 Å². The molecule has 0 radical (unpaired) electrons. The third kappa shape index (κ3) is 4.07. The van der Waals surface area contributed by atoms with E-state index in [1.54, 1.807) is 0 Å². The van der Waals surface area contributed by atoms with Crippen LogP contribution in [-0.2, 0) is 9.53 Å². The zero-order chi connectivity index (χ0) is 12.2. The number of hydrogen-bond donors (Lipinski definition) is 1. The highest BCUT2D eigenvalue weighted by atomic mass is 28.3. The van der Waals surface area contributed by atoms with Crippen molar-refractivity contribution >= 4 is 14.0 Å². The fraction of sp³-hybridized carbons (Fsp3) is 0.727. The first kappa shape index (κ1) is 14.2. The zero-order valence-corrected chi connectivity index (χ0v) is 11.7. The molecule has 0 aliphatic heterocycles. The summed E-state index contributed by atoms with van der Waals surface area (Å²) in [4.78, 5) is 11.8. The van der Waals surface area contributed by atoms with Crippen LogP contribution in [0.2, 0.25) is 19.6 Å². The standard InChI is InChI=1S/C11H23NO2Si/c1-7-14-11(13)10(15(4,5)6)9(12)8(2)3/h8H,7,12H2,1-6H3. The lowest BCUT2D eigenvalue weighted by Crippen LogP contribution is -2.35. The van der Waals surface area contributed by atoms with E-state index >= 15 is 0 Å². The van der Waals surface area contributed by atoms with Crippen LogP contribution in [0.1, 0.15) is 20.8 Å². The second kappa shape index (κ2) is 5.35. The van der Waals surface area contributed by atoms with Crippen molar-refractivity contribution in [1.82, 2.24) is 0 Å². The molecular formula is C11H23NO2Si. The largest absolute Gasteiger partial charge is 0.463 e. The quantitative estimate of drug-likeness (QED) is 0.457. The normalized spacial score (nSPS) is 13.8. The minimum Gasteiger partial charge on any atom is -0.463 e. The highest BCUT2D eigenvalue weighted by Crippen LogP contribution is 2.21. The molecule has 0 aromatic carbocycles. The minimum atomic E-state index is -1.73. The van der Waals surface area contributed by atoms with Gasteiger partial charge in [-0.2, -0.15) is 0 Å². The van der Waals surface area contributed by atoms with Crippen LogP contribution < -0.4 is 5.73 Å². The fourth-order valence-electron chi connectivity index (χ4n) is 1.35. The van der Waals surface area contributed by atoms with E-state index in [4.69, 9.17) is 10.5 Å². The van der Waals surface area contributed by atoms with Gasteiger partial charge in [-0.05, 0) is 12.8 Å². The van der Waals surface area contributed by atoms with Gasteiger partial charge in [-0.25, -0.2) is 4.79 Å². The maximum atomic E-state index is 11.8. The van der Waals surface area contributed by atoms with Crippen molar-refractivity contribution in [1.29, 1.82) is 0 Å². The SMILES string of the molecule is CCOC(=O)C(=C(N)C(C)C)[Si](C)(C)C. The molecule has 0 bridgehead atoms. The average molecular weight is 229 g/mol. The van der Waals surface area contributed by atoms with E-state index in [2.05, 4.69) is 19.6 Å². The summed E-state index contributed by atoms with van der Waals surface area (Å²) in [6.45, 7) is 12.5. The molecule has 0 aromatic heterocycles. The molecule has 0 aromatic rings. The molecule has 0 heterocycles. The lowest BCUT2D eigenvalue weighted by Gasteiger charge is -2.23. The van der Waals surface area contributed by atoms with E-state index in [1.165, 1.54) is 0 Å². The Balaban J connectivity index is 5.25. The van der Waals surface area contributed by atoms with Crippen molar-refractivity contribution in [2.45, 2.75) is 40.4 Å². The summed E-state index contributed by atoms with van der Waals surface area (Å²) in [6, 6.07) is 0. The summed E-state index contributed by atoms with van der Waals surface area (Å²) in [5.41, 5.74) is 6.68. The Morgan fingerprint density at radius 3 is 2.07 bits per heavy atom. The van der Waals surface area contributed by atoms with Crippen molar-refractivity contribution in [2.75, 3.05) is 6.61 Å². The first-order chi connectivity index (χ1) is 6.71. The van der Waals surface area contributed by atoms with Crippen LogP contribution in [0.5, 0.6) is 0 Å². The second-order valence-electron chi connectivity index (χ2n) is 4.96. The molecule has 0 aliphatic rings. The van der Waals surface area contributed by atoms with Crippen LogP contribution >= 0.6 is 0 Å². The van der Waals surface area contributed by atoms with Gasteiger partial charge in [0, 0.05) is 10.9 Å². The van der Waals surface area contributed by atoms with Gasteiger partial charge in [0.2, 0.25) is 0 Å². The molecule has 0 fully saturated rings. The molecule has 0 saturated heterocycles. The molecule has 88 valence electrons. The molecule has 0 spiro atoms. The van der Waals surface area contributed by atoms with E-state index in [1.807, 2.05) is 20.8 Å². The molecule has 0 aliphatic carbocycles. The van der Waals surface area contributed by atoms with Gasteiger partial charge in [0.05, 0.1) is 14.7 Å². The Bertz CT molecular complexity index is 264. The first-order valence-corrected chi connectivity index (χ1v) is 8.89. The van der Waals surface area contributed by atoms with Gasteiger partial charge in [-0.3, -0.25) is 0 Å². The van der Waals surface area contributed by atoms with Crippen molar-refractivity contribution in [3.05, 3.63) is 10.9 Å². The molecule has 0 rings (SSSR count). The second-order valence-corrected chi connectivity index (χ2v) is 9.96. The summed E-state index contributed by atoms with van der Waals surface area (Å²) in [5.74, 6) is -0.0426. The Labute approximate surface area is 93.7 Å². The molecule has 0 saturated carbocycles. The minimum absolute atomic E-state index is 0.191. The third-order valence-electron chi connectivity index (χ3n) is 2.14. The van der Waals surface area contributed by atoms with E-state index in [0.29, 0.717) is 12.3 Å². The van der Waals surface area contributed by atoms with Crippen molar-refractivity contribution < 1.29 is 9.53 Å². The summed E-state index contributed by atoms with van der Waals surface area (Å²) in [7, 11) is -1.73. The summed E-state index contributed by atoms with van der Waals surface area (Å²) < 4.78 is 5.06. The van der Waals surface area contributed by atoms with Crippen LogP contribution in [-0.4, -0.2) is 20.7 Å². The van der Waals surface area contributed by atoms with E-state index in [9.17, 15) is 4.79 Å². The van der Waals surface area contributed by atoms with Crippen LogP contribution in [0.25, 0.3) is 0 Å². The molecule has 3 nitrogen and oxygen atoms in total. The highest BCUT2D eigenvalue weighted by Gasteiger charge is 2.30. The highest BCUT2D eigenvalue weighted by molar-refractivity contribution is 6.87. The zero-order valence-electron chi connectivity index (χ0n) is 10.7. The number of carbonyl (C=O) groups is 1. The van der Waals surface area contributed by atoms with Gasteiger partial charge in [-0.15, -0.1) is 0 Å². The summed E-state index contributed by atoms with van der Waals surface area (Å²) in [5, 5.41) is 0.736. The number of hydrogen-bond acceptors (Lipinski definition) is 3. The van der Waals surface area contributed by atoms with Crippen molar-refractivity contribution in [3.8, 4) is 0 Å². The number of esters is 1. The number of nitrogens with two attached hydrogens (primary N) is 1. The number of carbonyl (C=O) groups excluding carboxylic acids is 1. The molecule has 4 heteroatoms. The molecular weight excluding hydrogens is 206 g/mol. The number of ether oxygens (including phenoxy) is 1. The maximum Gasteiger partial charge on any atom is 0.331 e. The number of rotatable bonds is 4. The van der Waals surface area contributed by atoms with Crippen LogP contribution in [0.4, 0.5) is 0 Å². The van der Waals surface area contributed by atoms with Crippen LogP contribution in [0.3, 0.4) is 0 Å². The fourth-order valence-corrected chi connectivity index (χ4v) is 3.19. The Morgan fingerprint density at radius 2 is 1.80 bits per heavy atom. The lowest BCUT2D eigenvalue weighted by atomic mass is 10.1. The van der Waals surface area contributed by atoms with Crippen LogP contribution in [0, 0.1) is 5.92 Å². The molecule has 2 N–H and O–H groups in total. The Hall–Kier alpha value is -0.773. The molecule has 15 heavy (non-hydrogen) atoms. The topological polar surface area (TPSA) is 52.3 Å². The molecule has 0 atom stereocenters. The van der Waals surface area contributed by atoms with Crippen molar-refractivity contribution in [3.63, 3.8) is 0 Å². The average Bonchev–Trinajstić information content (AvgIpc) is 2.01. The Morgan fingerprint density at radius 1 is 1.33 bits per heavy atom. The summed E-state index contributed by atoms with van der Waals surface area (Å²) in [6.07, 6.45) is 0. The first-order valence-electron chi connectivity index (χ1n) is 5.39. The molecule has 0 amide bonds. The van der Waals surface area contributed by atoms with E-state index in [0.717, 1.165) is 5.20 Å².